The number of benzene rings is 3. The van der Waals surface area contributed by atoms with E-state index >= 15 is 0 Å². The summed E-state index contributed by atoms with van der Waals surface area (Å²) in [7, 11) is 0. The highest BCUT2D eigenvalue weighted by molar-refractivity contribution is 5.93. The van der Waals surface area contributed by atoms with E-state index < -0.39 is 0 Å². The third-order valence-corrected chi connectivity index (χ3v) is 3.39. The Labute approximate surface area is 113 Å². The molecule has 0 radical (unpaired) electrons. The molecule has 0 aliphatic rings. The molecule has 0 aliphatic carbocycles. The molecule has 0 aromatic heterocycles. The highest BCUT2D eigenvalue weighted by Gasteiger charge is 1.99. The van der Waals surface area contributed by atoms with Gasteiger partial charge in [-0.1, -0.05) is 66.2 Å². The van der Waals surface area contributed by atoms with Crippen molar-refractivity contribution in [3.05, 3.63) is 77.9 Å². The van der Waals surface area contributed by atoms with E-state index in [4.69, 9.17) is 0 Å². The van der Waals surface area contributed by atoms with Crippen LogP contribution < -0.4 is 5.32 Å². The molecule has 0 saturated carbocycles. The van der Waals surface area contributed by atoms with E-state index in [2.05, 4.69) is 79.0 Å². The Kier molecular flexibility index (Phi) is 3.20. The van der Waals surface area contributed by atoms with Crippen molar-refractivity contribution in [2.75, 3.05) is 5.32 Å². The Morgan fingerprint density at radius 1 is 0.789 bits per heavy atom. The topological polar surface area (TPSA) is 12.0 Å². The molecule has 1 N–H and O–H groups in total. The lowest BCUT2D eigenvalue weighted by Crippen LogP contribution is -1.99. The summed E-state index contributed by atoms with van der Waals surface area (Å²) in [4.78, 5) is 0. The molecule has 3 aromatic rings. The lowest BCUT2D eigenvalue weighted by Gasteiger charge is -2.10. The van der Waals surface area contributed by atoms with E-state index in [9.17, 15) is 0 Å². The van der Waals surface area contributed by atoms with Gasteiger partial charge in [0.05, 0.1) is 0 Å². The molecule has 0 atom stereocenters. The van der Waals surface area contributed by atoms with Gasteiger partial charge in [-0.3, -0.25) is 0 Å². The average molecular weight is 247 g/mol. The van der Waals surface area contributed by atoms with Crippen LogP contribution in [0.3, 0.4) is 0 Å². The Morgan fingerprint density at radius 3 is 2.37 bits per heavy atom. The van der Waals surface area contributed by atoms with Gasteiger partial charge in [-0.05, 0) is 23.9 Å². The third-order valence-electron chi connectivity index (χ3n) is 3.39. The normalized spacial score (nSPS) is 10.6. The van der Waals surface area contributed by atoms with Crippen molar-refractivity contribution < 1.29 is 0 Å². The molecule has 0 aliphatic heterocycles. The van der Waals surface area contributed by atoms with Gasteiger partial charge in [-0.25, -0.2) is 0 Å². The second-order valence-electron chi connectivity index (χ2n) is 4.87. The zero-order chi connectivity index (χ0) is 13.1. The van der Waals surface area contributed by atoms with Crippen molar-refractivity contribution in [2.24, 2.45) is 0 Å². The number of rotatable bonds is 3. The Bertz CT molecular complexity index is 678. The van der Waals surface area contributed by atoms with Gasteiger partial charge in [0.25, 0.3) is 0 Å². The van der Waals surface area contributed by atoms with Gasteiger partial charge in [-0.2, -0.15) is 0 Å². The Hall–Kier alpha value is -2.28. The minimum absolute atomic E-state index is 0.855. The van der Waals surface area contributed by atoms with Gasteiger partial charge >= 0.3 is 0 Å². The van der Waals surface area contributed by atoms with Crippen molar-refractivity contribution in [2.45, 2.75) is 13.5 Å². The molecule has 0 saturated heterocycles. The molecular formula is C18H17N. The molecule has 1 heteroatoms. The number of aryl methyl sites for hydroxylation is 1. The minimum Gasteiger partial charge on any atom is -0.380 e. The molecular weight excluding hydrogens is 230 g/mol. The van der Waals surface area contributed by atoms with Crippen LogP contribution in [0.4, 0.5) is 5.69 Å². The van der Waals surface area contributed by atoms with Crippen molar-refractivity contribution in [1.82, 2.24) is 0 Å². The zero-order valence-corrected chi connectivity index (χ0v) is 11.1. The monoisotopic (exact) mass is 247 g/mol. The van der Waals surface area contributed by atoms with Gasteiger partial charge in [0.15, 0.2) is 0 Å². The molecule has 0 heterocycles. The van der Waals surface area contributed by atoms with Gasteiger partial charge in [0.1, 0.15) is 0 Å². The van der Waals surface area contributed by atoms with Crippen LogP contribution in [0.2, 0.25) is 0 Å². The molecule has 0 fully saturated rings. The largest absolute Gasteiger partial charge is 0.380 e. The molecule has 0 bridgehead atoms. The van der Waals surface area contributed by atoms with Crippen molar-refractivity contribution in [3.63, 3.8) is 0 Å². The highest BCUT2D eigenvalue weighted by Crippen LogP contribution is 2.23. The predicted octanol–water partition coefficient (Wildman–Crippen LogP) is 4.76. The van der Waals surface area contributed by atoms with Crippen LogP contribution in [0.1, 0.15) is 11.1 Å². The fraction of sp³-hybridized carbons (Fsp3) is 0.111. The summed E-state index contributed by atoms with van der Waals surface area (Å²) in [5.74, 6) is 0. The molecule has 19 heavy (non-hydrogen) atoms. The van der Waals surface area contributed by atoms with Crippen molar-refractivity contribution >= 4 is 16.5 Å². The molecule has 0 amide bonds. The maximum Gasteiger partial charge on any atom is 0.0422 e. The first-order valence-corrected chi connectivity index (χ1v) is 6.60. The van der Waals surface area contributed by atoms with Gasteiger partial charge in [0.2, 0.25) is 0 Å². The van der Waals surface area contributed by atoms with Crippen LogP contribution in [0.5, 0.6) is 0 Å². The first-order valence-electron chi connectivity index (χ1n) is 6.60. The summed E-state index contributed by atoms with van der Waals surface area (Å²) < 4.78 is 0. The van der Waals surface area contributed by atoms with Crippen LogP contribution >= 0.6 is 0 Å². The number of hydrogen-bond donors (Lipinski definition) is 1. The highest BCUT2D eigenvalue weighted by atomic mass is 14.9. The fourth-order valence-corrected chi connectivity index (χ4v) is 2.28. The van der Waals surface area contributed by atoms with Crippen molar-refractivity contribution in [3.8, 4) is 0 Å². The Morgan fingerprint density at radius 2 is 1.53 bits per heavy atom. The lowest BCUT2D eigenvalue weighted by molar-refractivity contribution is 1.15. The van der Waals surface area contributed by atoms with E-state index in [1.807, 2.05) is 0 Å². The number of anilines is 1. The zero-order valence-electron chi connectivity index (χ0n) is 11.1. The van der Waals surface area contributed by atoms with Crippen LogP contribution in [0.25, 0.3) is 10.8 Å². The molecule has 0 unspecified atom stereocenters. The minimum atomic E-state index is 0.855. The third kappa shape index (κ3) is 2.60. The molecule has 3 aromatic carbocycles. The predicted molar refractivity (Wildman–Crippen MR) is 82.5 cm³/mol. The van der Waals surface area contributed by atoms with Crippen LogP contribution in [-0.4, -0.2) is 0 Å². The quantitative estimate of drug-likeness (QED) is 0.703. The van der Waals surface area contributed by atoms with Gasteiger partial charge in [0, 0.05) is 17.6 Å². The first kappa shape index (κ1) is 11.8. The molecule has 0 spiro atoms. The van der Waals surface area contributed by atoms with E-state index in [0.29, 0.717) is 0 Å². The van der Waals surface area contributed by atoms with Crippen molar-refractivity contribution in [1.29, 1.82) is 0 Å². The number of hydrogen-bond acceptors (Lipinski definition) is 1. The van der Waals surface area contributed by atoms with E-state index in [-0.39, 0.29) is 0 Å². The average Bonchev–Trinajstić information content (AvgIpc) is 2.47. The number of nitrogens with one attached hydrogen (secondary N) is 1. The SMILES string of the molecule is Cc1ccc(CNc2cccc3ccccc23)cc1. The van der Waals surface area contributed by atoms with E-state index in [0.717, 1.165) is 6.54 Å². The molecule has 3 rings (SSSR count). The number of fused-ring (bicyclic) bond motifs is 1. The summed E-state index contributed by atoms with van der Waals surface area (Å²) >= 11 is 0. The maximum absolute atomic E-state index is 3.52. The Balaban J connectivity index is 1.84. The maximum atomic E-state index is 3.52. The van der Waals surface area contributed by atoms with Crippen LogP contribution in [-0.2, 0) is 6.54 Å². The van der Waals surface area contributed by atoms with E-state index in [1.165, 1.54) is 27.6 Å². The van der Waals surface area contributed by atoms with Gasteiger partial charge in [-0.15, -0.1) is 0 Å². The standard InChI is InChI=1S/C18H17N/c1-14-9-11-15(12-10-14)13-19-18-8-4-6-16-5-2-3-7-17(16)18/h2-12,19H,13H2,1H3. The first-order chi connectivity index (χ1) is 9.33. The summed E-state index contributed by atoms with van der Waals surface area (Å²) in [5, 5.41) is 6.07. The smallest absolute Gasteiger partial charge is 0.0422 e. The molecule has 94 valence electrons. The van der Waals surface area contributed by atoms with Crippen LogP contribution in [0, 0.1) is 6.92 Å². The second kappa shape index (κ2) is 5.15. The summed E-state index contributed by atoms with van der Waals surface area (Å²) in [5.41, 5.74) is 3.80. The second-order valence-corrected chi connectivity index (χ2v) is 4.87. The summed E-state index contributed by atoms with van der Waals surface area (Å²) in [6.45, 7) is 2.97. The fourth-order valence-electron chi connectivity index (χ4n) is 2.28. The van der Waals surface area contributed by atoms with Gasteiger partial charge < -0.3 is 5.32 Å². The van der Waals surface area contributed by atoms with E-state index in [1.54, 1.807) is 0 Å². The molecule has 1 nitrogen and oxygen atoms in total. The lowest BCUT2D eigenvalue weighted by atomic mass is 10.1. The summed E-state index contributed by atoms with van der Waals surface area (Å²) in [6.07, 6.45) is 0. The van der Waals surface area contributed by atoms with Crippen LogP contribution in [0.15, 0.2) is 66.7 Å². The summed E-state index contributed by atoms with van der Waals surface area (Å²) in [6, 6.07) is 23.5.